The minimum atomic E-state index is -0.464. The van der Waals surface area contributed by atoms with Gasteiger partial charge in [-0.05, 0) is 49.6 Å². The molecule has 0 bridgehead atoms. The number of carbonyl (C=O) groups is 1. The van der Waals surface area contributed by atoms with Crippen molar-refractivity contribution in [3.05, 3.63) is 29.3 Å². The molecule has 2 rings (SSSR count). The van der Waals surface area contributed by atoms with Crippen LogP contribution in [-0.2, 0) is 11.2 Å². The van der Waals surface area contributed by atoms with E-state index in [0.717, 1.165) is 25.1 Å². The minimum Gasteiger partial charge on any atom is -0.481 e. The summed E-state index contributed by atoms with van der Waals surface area (Å²) in [4.78, 5) is 11.4. The molecule has 1 aromatic rings. The summed E-state index contributed by atoms with van der Waals surface area (Å²) in [6, 6.07) is 6.59. The van der Waals surface area contributed by atoms with E-state index >= 15 is 0 Å². The Kier molecular flexibility index (Phi) is 4.43. The van der Waals surface area contributed by atoms with Crippen LogP contribution in [0.1, 0.15) is 37.4 Å². The third-order valence-corrected chi connectivity index (χ3v) is 3.57. The van der Waals surface area contributed by atoms with E-state index in [1.165, 1.54) is 11.1 Å². The summed E-state index contributed by atoms with van der Waals surface area (Å²) in [7, 11) is 1.62. The zero-order valence-corrected chi connectivity index (χ0v) is 11.8. The van der Waals surface area contributed by atoms with E-state index in [2.05, 4.69) is 29.7 Å². The SMILES string of the molecule is CCNC1CCc2cc(OC(C)C(=O)NC)ccc21. The van der Waals surface area contributed by atoms with Gasteiger partial charge in [0.25, 0.3) is 5.91 Å². The number of fused-ring (bicyclic) bond motifs is 1. The lowest BCUT2D eigenvalue weighted by molar-refractivity contribution is -0.126. The van der Waals surface area contributed by atoms with Gasteiger partial charge in [0.1, 0.15) is 5.75 Å². The Morgan fingerprint density at radius 1 is 1.53 bits per heavy atom. The molecule has 1 aromatic carbocycles. The largest absolute Gasteiger partial charge is 0.481 e. The Hall–Kier alpha value is -1.55. The molecule has 19 heavy (non-hydrogen) atoms. The molecular weight excluding hydrogens is 240 g/mol. The van der Waals surface area contributed by atoms with Crippen LogP contribution in [0.2, 0.25) is 0 Å². The lowest BCUT2D eigenvalue weighted by atomic mass is 10.1. The highest BCUT2D eigenvalue weighted by Gasteiger charge is 2.22. The fraction of sp³-hybridized carbons (Fsp3) is 0.533. The summed E-state index contributed by atoms with van der Waals surface area (Å²) in [6.07, 6.45) is 1.74. The van der Waals surface area contributed by atoms with Gasteiger partial charge in [0.05, 0.1) is 0 Å². The van der Waals surface area contributed by atoms with Gasteiger partial charge < -0.3 is 15.4 Å². The standard InChI is InChI=1S/C15H22N2O2/c1-4-17-14-8-5-11-9-12(6-7-13(11)14)19-10(2)15(18)16-3/h6-7,9-10,14,17H,4-5,8H2,1-3H3,(H,16,18). The van der Waals surface area contributed by atoms with E-state index in [0.29, 0.717) is 6.04 Å². The van der Waals surface area contributed by atoms with E-state index in [1.807, 2.05) is 6.07 Å². The Balaban J connectivity index is 2.08. The van der Waals surface area contributed by atoms with Gasteiger partial charge in [-0.25, -0.2) is 0 Å². The first-order valence-electron chi connectivity index (χ1n) is 6.90. The van der Waals surface area contributed by atoms with Crippen molar-refractivity contribution in [1.29, 1.82) is 0 Å². The smallest absolute Gasteiger partial charge is 0.260 e. The van der Waals surface area contributed by atoms with Crippen LogP contribution in [0.25, 0.3) is 0 Å². The predicted octanol–water partition coefficient (Wildman–Crippen LogP) is 1.80. The quantitative estimate of drug-likeness (QED) is 0.850. The third-order valence-electron chi connectivity index (χ3n) is 3.57. The van der Waals surface area contributed by atoms with E-state index in [4.69, 9.17) is 4.74 Å². The highest BCUT2D eigenvalue weighted by atomic mass is 16.5. The lowest BCUT2D eigenvalue weighted by Crippen LogP contribution is -2.33. The number of hydrogen-bond donors (Lipinski definition) is 2. The van der Waals surface area contributed by atoms with E-state index in [-0.39, 0.29) is 5.91 Å². The van der Waals surface area contributed by atoms with Crippen molar-refractivity contribution < 1.29 is 9.53 Å². The first-order valence-corrected chi connectivity index (χ1v) is 6.90. The zero-order chi connectivity index (χ0) is 13.8. The fourth-order valence-electron chi connectivity index (χ4n) is 2.59. The second-order valence-electron chi connectivity index (χ2n) is 4.88. The zero-order valence-electron chi connectivity index (χ0n) is 11.8. The molecule has 0 aromatic heterocycles. The number of aryl methyl sites for hydroxylation is 1. The van der Waals surface area contributed by atoms with Gasteiger partial charge in [-0.15, -0.1) is 0 Å². The number of amides is 1. The molecule has 1 amide bonds. The average molecular weight is 262 g/mol. The molecule has 0 spiro atoms. The van der Waals surface area contributed by atoms with Crippen molar-refractivity contribution in [1.82, 2.24) is 10.6 Å². The third kappa shape index (κ3) is 3.07. The molecule has 0 saturated heterocycles. The van der Waals surface area contributed by atoms with Crippen LogP contribution in [-0.4, -0.2) is 25.6 Å². The Labute approximate surface area is 114 Å². The van der Waals surface area contributed by atoms with Crippen molar-refractivity contribution in [2.24, 2.45) is 0 Å². The van der Waals surface area contributed by atoms with Crippen molar-refractivity contribution in [3.8, 4) is 5.75 Å². The van der Waals surface area contributed by atoms with Crippen LogP contribution in [0.15, 0.2) is 18.2 Å². The van der Waals surface area contributed by atoms with Gasteiger partial charge >= 0.3 is 0 Å². The van der Waals surface area contributed by atoms with Crippen molar-refractivity contribution in [2.45, 2.75) is 38.8 Å². The van der Waals surface area contributed by atoms with Crippen LogP contribution in [0.5, 0.6) is 5.75 Å². The number of carbonyl (C=O) groups excluding carboxylic acids is 1. The maximum absolute atomic E-state index is 11.4. The summed E-state index contributed by atoms with van der Waals surface area (Å²) in [6.45, 7) is 4.87. The van der Waals surface area contributed by atoms with Crippen LogP contribution < -0.4 is 15.4 Å². The molecule has 104 valence electrons. The van der Waals surface area contributed by atoms with E-state index in [1.54, 1.807) is 14.0 Å². The molecule has 2 atom stereocenters. The first kappa shape index (κ1) is 13.9. The summed E-state index contributed by atoms with van der Waals surface area (Å²) in [5.41, 5.74) is 2.69. The number of hydrogen-bond acceptors (Lipinski definition) is 3. The van der Waals surface area contributed by atoms with Crippen LogP contribution in [0.3, 0.4) is 0 Å². The summed E-state index contributed by atoms with van der Waals surface area (Å²) in [5, 5.41) is 6.07. The highest BCUT2D eigenvalue weighted by molar-refractivity contribution is 5.80. The second kappa shape index (κ2) is 6.06. The molecule has 0 radical (unpaired) electrons. The highest BCUT2D eigenvalue weighted by Crippen LogP contribution is 2.33. The van der Waals surface area contributed by atoms with E-state index in [9.17, 15) is 4.79 Å². The maximum atomic E-state index is 11.4. The Morgan fingerprint density at radius 3 is 3.00 bits per heavy atom. The van der Waals surface area contributed by atoms with Crippen molar-refractivity contribution in [3.63, 3.8) is 0 Å². The number of rotatable bonds is 5. The van der Waals surface area contributed by atoms with Crippen LogP contribution >= 0.6 is 0 Å². The molecule has 0 heterocycles. The molecular formula is C15H22N2O2. The molecule has 2 N–H and O–H groups in total. The Morgan fingerprint density at radius 2 is 2.32 bits per heavy atom. The van der Waals surface area contributed by atoms with Crippen molar-refractivity contribution >= 4 is 5.91 Å². The van der Waals surface area contributed by atoms with Crippen molar-refractivity contribution in [2.75, 3.05) is 13.6 Å². The molecule has 4 heteroatoms. The molecule has 0 fully saturated rings. The van der Waals surface area contributed by atoms with Crippen LogP contribution in [0, 0.1) is 0 Å². The molecule has 0 saturated carbocycles. The summed E-state index contributed by atoms with van der Waals surface area (Å²) in [5.74, 6) is 0.665. The molecule has 4 nitrogen and oxygen atoms in total. The summed E-state index contributed by atoms with van der Waals surface area (Å²) < 4.78 is 5.66. The minimum absolute atomic E-state index is 0.106. The van der Waals surface area contributed by atoms with Crippen LogP contribution in [0.4, 0.5) is 0 Å². The lowest BCUT2D eigenvalue weighted by Gasteiger charge is -2.15. The van der Waals surface area contributed by atoms with Gasteiger partial charge in [-0.2, -0.15) is 0 Å². The Bertz CT molecular complexity index is 459. The van der Waals surface area contributed by atoms with Gasteiger partial charge in [-0.3, -0.25) is 4.79 Å². The summed E-state index contributed by atoms with van der Waals surface area (Å²) >= 11 is 0. The molecule has 1 aliphatic carbocycles. The molecule has 1 aliphatic rings. The average Bonchev–Trinajstić information content (AvgIpc) is 2.81. The van der Waals surface area contributed by atoms with E-state index < -0.39 is 6.10 Å². The number of nitrogens with one attached hydrogen (secondary N) is 2. The number of ether oxygens (including phenoxy) is 1. The normalized spacial score (nSPS) is 18.8. The first-order chi connectivity index (χ1) is 9.15. The van der Waals surface area contributed by atoms with Gasteiger partial charge in [0, 0.05) is 13.1 Å². The van der Waals surface area contributed by atoms with Gasteiger partial charge in [0.15, 0.2) is 6.10 Å². The number of likely N-dealkylation sites (N-methyl/N-ethyl adjacent to an activating group) is 1. The monoisotopic (exact) mass is 262 g/mol. The van der Waals surface area contributed by atoms with Gasteiger partial charge in [0.2, 0.25) is 0 Å². The predicted molar refractivity (Wildman–Crippen MR) is 75.3 cm³/mol. The topological polar surface area (TPSA) is 50.4 Å². The number of benzene rings is 1. The molecule has 0 aliphatic heterocycles. The van der Waals surface area contributed by atoms with Gasteiger partial charge in [-0.1, -0.05) is 13.0 Å². The maximum Gasteiger partial charge on any atom is 0.260 e. The fourth-order valence-corrected chi connectivity index (χ4v) is 2.59. The molecule has 2 unspecified atom stereocenters. The second-order valence-corrected chi connectivity index (χ2v) is 4.88.